The Hall–Kier alpha value is -2.33. The van der Waals surface area contributed by atoms with Gasteiger partial charge in [0, 0.05) is 6.07 Å². The van der Waals surface area contributed by atoms with Gasteiger partial charge in [-0.2, -0.15) is 4.98 Å². The van der Waals surface area contributed by atoms with Crippen molar-refractivity contribution in [2.24, 2.45) is 5.84 Å². The Morgan fingerprint density at radius 1 is 1.48 bits per heavy atom. The van der Waals surface area contributed by atoms with Gasteiger partial charge >= 0.3 is 11.6 Å². The summed E-state index contributed by atoms with van der Waals surface area (Å²) in [6, 6.07) is 3.91. The number of nitrogens with zero attached hydrogens (tertiary/aromatic N) is 3. The van der Waals surface area contributed by atoms with E-state index < -0.39 is 16.4 Å². The number of anilines is 1. The van der Waals surface area contributed by atoms with Gasteiger partial charge < -0.3 is 4.74 Å². The Bertz CT molecular complexity index is 712. The van der Waals surface area contributed by atoms with Crippen LogP contribution in [-0.4, -0.2) is 14.9 Å². The first-order chi connectivity index (χ1) is 9.92. The molecule has 0 fully saturated rings. The lowest BCUT2D eigenvalue weighted by molar-refractivity contribution is -0.386. The van der Waals surface area contributed by atoms with Gasteiger partial charge in [0.05, 0.1) is 9.40 Å². The smallest absolute Gasteiger partial charge is 0.352 e. The monoisotopic (exact) mass is 357 g/mol. The Labute approximate surface area is 126 Å². The third-order valence-corrected chi connectivity index (χ3v) is 3.09. The Kier molecular flexibility index (Phi) is 4.29. The molecular weight excluding hydrogens is 349 g/mol. The van der Waals surface area contributed by atoms with Crippen molar-refractivity contribution in [2.45, 2.75) is 6.92 Å². The third kappa shape index (κ3) is 3.23. The molecule has 1 aromatic carbocycles. The maximum Gasteiger partial charge on any atom is 0.352 e. The van der Waals surface area contributed by atoms with E-state index in [0.29, 0.717) is 0 Å². The zero-order chi connectivity index (χ0) is 15.6. The second-order valence-electron chi connectivity index (χ2n) is 3.87. The first-order valence-corrected chi connectivity index (χ1v) is 6.34. The minimum atomic E-state index is -0.680. The van der Waals surface area contributed by atoms with Crippen LogP contribution in [0.15, 0.2) is 22.7 Å². The van der Waals surface area contributed by atoms with Crippen LogP contribution in [0.4, 0.5) is 16.0 Å². The van der Waals surface area contributed by atoms with E-state index >= 15 is 0 Å². The molecule has 1 heterocycles. The molecule has 0 aliphatic rings. The lowest BCUT2D eigenvalue weighted by Gasteiger charge is -2.08. The number of aryl methyl sites for hydroxylation is 1. The topological polar surface area (TPSA) is 116 Å². The summed E-state index contributed by atoms with van der Waals surface area (Å²) in [6.45, 7) is 1.41. The molecule has 0 saturated heterocycles. The Balaban J connectivity index is 2.48. The molecule has 0 radical (unpaired) electrons. The fourth-order valence-electron chi connectivity index (χ4n) is 1.54. The average molecular weight is 358 g/mol. The molecule has 0 spiro atoms. The van der Waals surface area contributed by atoms with Gasteiger partial charge in [0.25, 0.3) is 0 Å². The van der Waals surface area contributed by atoms with Crippen molar-refractivity contribution in [3.05, 3.63) is 44.3 Å². The molecule has 21 heavy (non-hydrogen) atoms. The molecule has 0 saturated carbocycles. The maximum atomic E-state index is 13.4. The number of nitrogens with two attached hydrogens (primary N) is 1. The highest BCUT2D eigenvalue weighted by Crippen LogP contribution is 2.33. The molecule has 3 N–H and O–H groups in total. The van der Waals surface area contributed by atoms with Crippen LogP contribution in [0.5, 0.6) is 11.6 Å². The number of halogens is 2. The van der Waals surface area contributed by atoms with Crippen molar-refractivity contribution in [1.82, 2.24) is 9.97 Å². The number of aromatic nitrogens is 2. The van der Waals surface area contributed by atoms with Crippen LogP contribution in [-0.2, 0) is 0 Å². The van der Waals surface area contributed by atoms with Crippen LogP contribution in [0.3, 0.4) is 0 Å². The summed E-state index contributed by atoms with van der Waals surface area (Å²) in [6.07, 6.45) is 0. The zero-order valence-electron chi connectivity index (χ0n) is 10.6. The van der Waals surface area contributed by atoms with E-state index in [1.54, 1.807) is 0 Å². The highest BCUT2D eigenvalue weighted by atomic mass is 79.9. The van der Waals surface area contributed by atoms with Crippen molar-refractivity contribution in [1.29, 1.82) is 0 Å². The lowest BCUT2D eigenvalue weighted by atomic mass is 10.3. The molecule has 0 aliphatic carbocycles. The van der Waals surface area contributed by atoms with Crippen molar-refractivity contribution in [3.63, 3.8) is 0 Å². The van der Waals surface area contributed by atoms with Crippen molar-refractivity contribution in [3.8, 4) is 11.6 Å². The Morgan fingerprint density at radius 2 is 2.19 bits per heavy atom. The highest BCUT2D eigenvalue weighted by Gasteiger charge is 2.24. The number of rotatable bonds is 4. The van der Waals surface area contributed by atoms with Crippen LogP contribution in [0.2, 0.25) is 0 Å². The van der Waals surface area contributed by atoms with E-state index in [0.717, 1.165) is 6.07 Å². The van der Waals surface area contributed by atoms with Crippen LogP contribution in [0.1, 0.15) is 5.69 Å². The molecule has 2 aromatic rings. The molecule has 10 heteroatoms. The number of ether oxygens (including phenoxy) is 1. The molecule has 110 valence electrons. The number of hydrogen-bond donors (Lipinski definition) is 2. The number of nitrogen functional groups attached to an aromatic ring is 1. The quantitative estimate of drug-likeness (QED) is 0.490. The van der Waals surface area contributed by atoms with Crippen molar-refractivity contribution in [2.75, 3.05) is 5.43 Å². The molecule has 1 aromatic heterocycles. The van der Waals surface area contributed by atoms with Crippen LogP contribution in [0.25, 0.3) is 0 Å². The van der Waals surface area contributed by atoms with Gasteiger partial charge in [-0.3, -0.25) is 15.5 Å². The SMILES string of the molecule is Cc1nc(NN)nc(Oc2ccc(Br)c(F)c2)c1[N+](=O)[O-]. The summed E-state index contributed by atoms with van der Waals surface area (Å²) in [4.78, 5) is 18.0. The molecule has 0 amide bonds. The molecule has 0 atom stereocenters. The maximum absolute atomic E-state index is 13.4. The molecular formula is C11H9BrFN5O3. The minimum absolute atomic E-state index is 0.0503. The summed E-state index contributed by atoms with van der Waals surface area (Å²) in [5.41, 5.74) is 1.82. The molecule has 0 bridgehead atoms. The highest BCUT2D eigenvalue weighted by molar-refractivity contribution is 9.10. The molecule has 0 unspecified atom stereocenters. The fraction of sp³-hybridized carbons (Fsp3) is 0.0909. The van der Waals surface area contributed by atoms with Crippen molar-refractivity contribution >= 4 is 27.6 Å². The second kappa shape index (κ2) is 5.97. The molecule has 0 aliphatic heterocycles. The van der Waals surface area contributed by atoms with Crippen LogP contribution >= 0.6 is 15.9 Å². The number of benzene rings is 1. The fourth-order valence-corrected chi connectivity index (χ4v) is 1.79. The molecule has 2 rings (SSSR count). The molecule has 8 nitrogen and oxygen atoms in total. The van der Waals surface area contributed by atoms with E-state index in [9.17, 15) is 14.5 Å². The van der Waals surface area contributed by atoms with Gasteiger partial charge in [0.2, 0.25) is 5.95 Å². The first kappa shape index (κ1) is 15.1. The third-order valence-electron chi connectivity index (χ3n) is 2.44. The van der Waals surface area contributed by atoms with Gasteiger partial charge in [-0.25, -0.2) is 15.2 Å². The lowest BCUT2D eigenvalue weighted by Crippen LogP contribution is -2.12. The van der Waals surface area contributed by atoms with E-state index in [1.165, 1.54) is 19.1 Å². The largest absolute Gasteiger partial charge is 0.433 e. The predicted molar refractivity (Wildman–Crippen MR) is 75.4 cm³/mol. The number of nitro groups is 1. The normalized spacial score (nSPS) is 10.3. The van der Waals surface area contributed by atoms with Gasteiger partial charge in [0.1, 0.15) is 17.3 Å². The summed E-state index contributed by atoms with van der Waals surface area (Å²) in [5.74, 6) is 4.29. The van der Waals surface area contributed by atoms with Crippen LogP contribution < -0.4 is 16.0 Å². The average Bonchev–Trinajstić information content (AvgIpc) is 2.41. The van der Waals surface area contributed by atoms with Gasteiger partial charge in [-0.15, -0.1) is 0 Å². The second-order valence-corrected chi connectivity index (χ2v) is 4.72. The Morgan fingerprint density at radius 3 is 2.76 bits per heavy atom. The van der Waals surface area contributed by atoms with Gasteiger partial charge in [-0.1, -0.05) is 0 Å². The summed E-state index contributed by atoms with van der Waals surface area (Å²) < 4.78 is 19.0. The number of hydrazine groups is 1. The van der Waals surface area contributed by atoms with E-state index in [4.69, 9.17) is 10.6 Å². The zero-order valence-corrected chi connectivity index (χ0v) is 12.2. The van der Waals surface area contributed by atoms with E-state index in [2.05, 4.69) is 31.3 Å². The van der Waals surface area contributed by atoms with Gasteiger partial charge in [-0.05, 0) is 35.0 Å². The standard InChI is InChI=1S/C11H9BrFN5O3/c1-5-9(18(19)20)10(16-11(15-5)17-14)21-6-2-3-7(12)8(13)4-6/h2-4H,14H2,1H3,(H,15,16,17). The van der Waals surface area contributed by atoms with Gasteiger partial charge in [0.15, 0.2) is 0 Å². The van der Waals surface area contributed by atoms with E-state index in [-0.39, 0.29) is 27.7 Å². The van der Waals surface area contributed by atoms with Crippen LogP contribution in [0, 0.1) is 22.9 Å². The summed E-state index contributed by atoms with van der Waals surface area (Å²) in [7, 11) is 0. The van der Waals surface area contributed by atoms with Crippen molar-refractivity contribution < 1.29 is 14.1 Å². The number of nitrogens with one attached hydrogen (secondary N) is 1. The minimum Gasteiger partial charge on any atom is -0.433 e. The number of hydrogen-bond acceptors (Lipinski definition) is 7. The summed E-state index contributed by atoms with van der Waals surface area (Å²) in [5, 5.41) is 11.1. The van der Waals surface area contributed by atoms with E-state index in [1.807, 2.05) is 0 Å². The first-order valence-electron chi connectivity index (χ1n) is 5.55. The predicted octanol–water partition coefficient (Wildman–Crippen LogP) is 2.67. The summed E-state index contributed by atoms with van der Waals surface area (Å²) >= 11 is 3.00.